The van der Waals surface area contributed by atoms with Crippen molar-refractivity contribution < 1.29 is 4.39 Å². The van der Waals surface area contributed by atoms with Gasteiger partial charge in [0.1, 0.15) is 5.82 Å². The van der Waals surface area contributed by atoms with Crippen molar-refractivity contribution in [2.45, 2.75) is 25.8 Å². The molecule has 2 aliphatic heterocycles. The highest BCUT2D eigenvalue weighted by Crippen LogP contribution is 2.36. The lowest BCUT2D eigenvalue weighted by Crippen LogP contribution is -2.30. The summed E-state index contributed by atoms with van der Waals surface area (Å²) in [7, 11) is 0. The van der Waals surface area contributed by atoms with Crippen LogP contribution in [0.2, 0.25) is 0 Å². The van der Waals surface area contributed by atoms with E-state index in [2.05, 4.69) is 57.2 Å². The van der Waals surface area contributed by atoms with Gasteiger partial charge in [0.15, 0.2) is 0 Å². The van der Waals surface area contributed by atoms with Gasteiger partial charge in [-0.2, -0.15) is 0 Å². The fraction of sp³-hybridized carbons (Fsp3) is 0.231. The minimum Gasteiger partial charge on any atom is -0.365 e. The fourth-order valence-electron chi connectivity index (χ4n) is 5.05. The van der Waals surface area contributed by atoms with Gasteiger partial charge in [0.25, 0.3) is 0 Å². The minimum atomic E-state index is -0.188. The molecule has 0 aliphatic carbocycles. The predicted octanol–water partition coefficient (Wildman–Crippen LogP) is 5.95. The molecule has 4 heteroatoms. The molecule has 30 heavy (non-hydrogen) atoms. The van der Waals surface area contributed by atoms with Gasteiger partial charge in [0, 0.05) is 48.1 Å². The molecule has 3 aromatic carbocycles. The number of anilines is 3. The normalized spacial score (nSPS) is 15.9. The van der Waals surface area contributed by atoms with E-state index >= 15 is 0 Å². The Bertz CT molecular complexity index is 1240. The second kappa shape index (κ2) is 6.91. The highest BCUT2D eigenvalue weighted by Gasteiger charge is 2.22. The number of hydrogen-bond donors (Lipinski definition) is 1. The zero-order valence-corrected chi connectivity index (χ0v) is 16.9. The van der Waals surface area contributed by atoms with E-state index in [-0.39, 0.29) is 5.82 Å². The molecule has 0 saturated heterocycles. The Morgan fingerprint density at radius 3 is 2.70 bits per heavy atom. The molecule has 0 atom stereocenters. The van der Waals surface area contributed by atoms with Crippen molar-refractivity contribution in [3.63, 3.8) is 0 Å². The van der Waals surface area contributed by atoms with Crippen LogP contribution in [-0.4, -0.2) is 18.1 Å². The van der Waals surface area contributed by atoms with E-state index in [0.717, 1.165) is 49.1 Å². The van der Waals surface area contributed by atoms with Crippen LogP contribution in [0.3, 0.4) is 0 Å². The van der Waals surface area contributed by atoms with Crippen molar-refractivity contribution in [2.24, 2.45) is 0 Å². The number of halogens is 1. The van der Waals surface area contributed by atoms with Crippen molar-refractivity contribution in [3.8, 4) is 0 Å². The molecule has 0 fully saturated rings. The Labute approximate surface area is 175 Å². The summed E-state index contributed by atoms with van der Waals surface area (Å²) in [6, 6.07) is 20.6. The maximum Gasteiger partial charge on any atom is 0.124 e. The summed E-state index contributed by atoms with van der Waals surface area (Å²) in [6.07, 6.45) is 5.37. The number of para-hydroxylation sites is 1. The van der Waals surface area contributed by atoms with Crippen LogP contribution in [0.4, 0.5) is 21.5 Å². The van der Waals surface area contributed by atoms with E-state index in [4.69, 9.17) is 0 Å². The van der Waals surface area contributed by atoms with E-state index in [0.29, 0.717) is 0 Å². The molecule has 3 nitrogen and oxygen atoms in total. The van der Waals surface area contributed by atoms with Gasteiger partial charge in [-0.15, -0.1) is 0 Å². The van der Waals surface area contributed by atoms with Gasteiger partial charge in [0.2, 0.25) is 0 Å². The molecular weight excluding hydrogens is 373 g/mol. The first-order chi connectivity index (χ1) is 14.8. The average Bonchev–Trinajstić information content (AvgIpc) is 3.21. The lowest BCUT2D eigenvalue weighted by molar-refractivity contribution is 0.629. The van der Waals surface area contributed by atoms with Gasteiger partial charge >= 0.3 is 0 Å². The van der Waals surface area contributed by atoms with Crippen LogP contribution in [0.1, 0.15) is 23.1 Å². The molecule has 2 aliphatic rings. The largest absolute Gasteiger partial charge is 0.365 e. The van der Waals surface area contributed by atoms with Crippen LogP contribution < -0.4 is 9.80 Å². The predicted molar refractivity (Wildman–Crippen MR) is 121 cm³/mol. The minimum absolute atomic E-state index is 0.188. The summed E-state index contributed by atoms with van der Waals surface area (Å²) in [5.74, 6) is -0.188. The smallest absolute Gasteiger partial charge is 0.124 e. The Balaban J connectivity index is 1.31. The fourth-order valence-corrected chi connectivity index (χ4v) is 5.05. The number of nitrogens with one attached hydrogen (secondary N) is 1. The molecule has 0 bridgehead atoms. The first-order valence-electron chi connectivity index (χ1n) is 10.7. The van der Waals surface area contributed by atoms with Crippen molar-refractivity contribution in [3.05, 3.63) is 89.4 Å². The number of H-pyrrole nitrogens is 1. The van der Waals surface area contributed by atoms with Crippen molar-refractivity contribution in [1.29, 1.82) is 0 Å². The molecule has 0 amide bonds. The standard InChI is InChI=1S/C26H24FN3/c27-21-8-10-24-23(15-21)26(16-28-24)29-13-11-19-14-22(9-7-20(19)17-29)30-12-3-5-18-4-1-2-6-25(18)30/h1-2,4,6-10,14-16,28H,3,5,11-13,17H2. The van der Waals surface area contributed by atoms with Crippen molar-refractivity contribution in [2.75, 3.05) is 22.9 Å². The number of hydrogen-bond acceptors (Lipinski definition) is 2. The number of aryl methyl sites for hydroxylation is 1. The summed E-state index contributed by atoms with van der Waals surface area (Å²) in [4.78, 5) is 8.11. The third-order valence-corrected chi connectivity index (χ3v) is 6.59. The highest BCUT2D eigenvalue weighted by atomic mass is 19.1. The zero-order valence-electron chi connectivity index (χ0n) is 16.9. The Hall–Kier alpha value is -3.27. The molecule has 1 aromatic heterocycles. The van der Waals surface area contributed by atoms with Crippen LogP contribution in [0.25, 0.3) is 10.9 Å². The first-order valence-corrected chi connectivity index (χ1v) is 10.7. The maximum atomic E-state index is 13.8. The summed E-state index contributed by atoms with van der Waals surface area (Å²) in [6.45, 7) is 2.87. The van der Waals surface area contributed by atoms with E-state index < -0.39 is 0 Å². The topological polar surface area (TPSA) is 22.3 Å². The summed E-state index contributed by atoms with van der Waals surface area (Å²) >= 11 is 0. The van der Waals surface area contributed by atoms with E-state index in [1.54, 1.807) is 6.07 Å². The SMILES string of the molecule is Fc1ccc2[nH]cc(N3CCc4cc(N5CCCc6ccccc65)ccc4C3)c2c1. The lowest BCUT2D eigenvalue weighted by Gasteiger charge is -2.34. The number of benzene rings is 3. The first kappa shape index (κ1) is 17.6. The van der Waals surface area contributed by atoms with Crippen molar-refractivity contribution in [1.82, 2.24) is 4.98 Å². The third kappa shape index (κ3) is 2.86. The van der Waals surface area contributed by atoms with Crippen LogP contribution in [0.15, 0.2) is 66.9 Å². The maximum absolute atomic E-state index is 13.8. The van der Waals surface area contributed by atoms with Gasteiger partial charge in [-0.3, -0.25) is 0 Å². The van der Waals surface area contributed by atoms with Gasteiger partial charge < -0.3 is 14.8 Å². The van der Waals surface area contributed by atoms with E-state index in [1.807, 2.05) is 12.3 Å². The zero-order chi connectivity index (χ0) is 20.1. The van der Waals surface area contributed by atoms with Gasteiger partial charge in [-0.05, 0) is 72.4 Å². The highest BCUT2D eigenvalue weighted by molar-refractivity contribution is 5.93. The quantitative estimate of drug-likeness (QED) is 0.451. The van der Waals surface area contributed by atoms with Crippen LogP contribution in [0, 0.1) is 5.82 Å². The Morgan fingerprint density at radius 2 is 1.73 bits per heavy atom. The second-order valence-electron chi connectivity index (χ2n) is 8.37. The third-order valence-electron chi connectivity index (χ3n) is 6.59. The van der Waals surface area contributed by atoms with Crippen LogP contribution >= 0.6 is 0 Å². The van der Waals surface area contributed by atoms with E-state index in [9.17, 15) is 4.39 Å². The van der Waals surface area contributed by atoms with Gasteiger partial charge in [-0.25, -0.2) is 4.39 Å². The number of rotatable bonds is 2. The van der Waals surface area contributed by atoms with E-state index in [1.165, 1.54) is 40.6 Å². The number of aromatic nitrogens is 1. The molecule has 3 heterocycles. The second-order valence-corrected chi connectivity index (χ2v) is 8.37. The van der Waals surface area contributed by atoms with Crippen LogP contribution in [-0.2, 0) is 19.4 Å². The monoisotopic (exact) mass is 397 g/mol. The molecular formula is C26H24FN3. The summed E-state index contributed by atoms with van der Waals surface area (Å²) in [5.41, 5.74) is 8.95. The molecule has 0 saturated carbocycles. The molecule has 0 unspecified atom stereocenters. The molecule has 6 rings (SSSR count). The number of fused-ring (bicyclic) bond motifs is 3. The lowest BCUT2D eigenvalue weighted by atomic mass is 9.96. The van der Waals surface area contributed by atoms with Crippen molar-refractivity contribution >= 4 is 28.0 Å². The number of aromatic amines is 1. The molecule has 150 valence electrons. The summed E-state index contributed by atoms with van der Waals surface area (Å²) < 4.78 is 13.8. The summed E-state index contributed by atoms with van der Waals surface area (Å²) in [5, 5.41) is 0.958. The number of nitrogens with zero attached hydrogens (tertiary/aromatic N) is 2. The molecule has 0 spiro atoms. The average molecular weight is 397 g/mol. The van der Waals surface area contributed by atoms with Crippen LogP contribution in [0.5, 0.6) is 0 Å². The van der Waals surface area contributed by atoms with Gasteiger partial charge in [-0.1, -0.05) is 24.3 Å². The Kier molecular flexibility index (Phi) is 4.05. The molecule has 0 radical (unpaired) electrons. The molecule has 4 aromatic rings. The Morgan fingerprint density at radius 1 is 0.800 bits per heavy atom. The van der Waals surface area contributed by atoms with Gasteiger partial charge in [0.05, 0.1) is 5.69 Å². The molecule has 1 N–H and O–H groups in total.